The van der Waals surface area contributed by atoms with Gasteiger partial charge in [-0.05, 0) is 24.6 Å². The van der Waals surface area contributed by atoms with Crippen LogP contribution in [-0.2, 0) is 11.2 Å². The quantitative estimate of drug-likeness (QED) is 0.659. The van der Waals surface area contributed by atoms with Gasteiger partial charge in [-0.25, -0.2) is 4.98 Å². The first-order valence-corrected chi connectivity index (χ1v) is 5.74. The van der Waals surface area contributed by atoms with Gasteiger partial charge in [-0.3, -0.25) is 4.79 Å². The van der Waals surface area contributed by atoms with E-state index >= 15 is 0 Å². The monoisotopic (exact) mass is 261 g/mol. The maximum atomic E-state index is 11.0. The van der Waals surface area contributed by atoms with Crippen LogP contribution in [0, 0.1) is 0 Å². The summed E-state index contributed by atoms with van der Waals surface area (Å²) in [6.07, 6.45) is 3.38. The Hall–Kier alpha value is -2.34. The number of nitrogens with two attached hydrogens (primary N) is 1. The second kappa shape index (κ2) is 4.74. The van der Waals surface area contributed by atoms with E-state index in [4.69, 9.17) is 10.8 Å². The summed E-state index contributed by atoms with van der Waals surface area (Å²) in [6, 6.07) is 4.84. The molecule has 2 aromatic rings. The van der Waals surface area contributed by atoms with Gasteiger partial charge in [0.1, 0.15) is 17.1 Å². The Morgan fingerprint density at radius 1 is 1.53 bits per heavy atom. The van der Waals surface area contributed by atoms with Crippen molar-refractivity contribution in [3.05, 3.63) is 36.2 Å². The molecule has 1 atom stereocenters. The predicted molar refractivity (Wildman–Crippen MR) is 69.6 cm³/mol. The van der Waals surface area contributed by atoms with Crippen molar-refractivity contribution in [2.75, 3.05) is 0 Å². The van der Waals surface area contributed by atoms with Crippen molar-refractivity contribution >= 4 is 5.97 Å². The fourth-order valence-electron chi connectivity index (χ4n) is 1.80. The van der Waals surface area contributed by atoms with Gasteiger partial charge in [0.25, 0.3) is 0 Å². The van der Waals surface area contributed by atoms with Crippen LogP contribution in [0.5, 0.6) is 5.75 Å². The third kappa shape index (κ3) is 2.74. The lowest BCUT2D eigenvalue weighted by atomic mass is 9.93. The van der Waals surface area contributed by atoms with Crippen LogP contribution >= 0.6 is 0 Å². The average Bonchev–Trinajstić information content (AvgIpc) is 2.84. The Labute approximate surface area is 109 Å². The largest absolute Gasteiger partial charge is 0.507 e. The Kier molecular flexibility index (Phi) is 3.26. The van der Waals surface area contributed by atoms with Crippen LogP contribution in [0.1, 0.15) is 12.5 Å². The fraction of sp³-hybridized carbons (Fsp3) is 0.231. The second-order valence-electron chi connectivity index (χ2n) is 4.69. The molecular formula is C13H15N3O3. The molecule has 1 aromatic heterocycles. The number of hydrogen-bond acceptors (Lipinski definition) is 4. The highest BCUT2D eigenvalue weighted by molar-refractivity contribution is 5.78. The number of aromatic hydroxyl groups is 1. The minimum atomic E-state index is -1.35. The number of rotatable bonds is 4. The highest BCUT2D eigenvalue weighted by Gasteiger charge is 2.28. The number of nitrogens with one attached hydrogen (secondary N) is 1. The Balaban J connectivity index is 2.35. The molecule has 0 spiro atoms. The predicted octanol–water partition coefficient (Wildman–Crippen LogP) is 1.13. The second-order valence-corrected chi connectivity index (χ2v) is 4.69. The summed E-state index contributed by atoms with van der Waals surface area (Å²) in [7, 11) is 0. The molecule has 6 heteroatoms. The van der Waals surface area contributed by atoms with Crippen molar-refractivity contribution in [1.29, 1.82) is 0 Å². The van der Waals surface area contributed by atoms with Crippen molar-refractivity contribution in [3.8, 4) is 17.1 Å². The van der Waals surface area contributed by atoms with E-state index in [1.165, 1.54) is 13.0 Å². The number of aliphatic carboxylic acids is 1. The topological polar surface area (TPSA) is 112 Å². The van der Waals surface area contributed by atoms with E-state index in [2.05, 4.69) is 9.97 Å². The first kappa shape index (κ1) is 13.1. The van der Waals surface area contributed by atoms with Crippen molar-refractivity contribution in [3.63, 3.8) is 0 Å². The molecule has 0 fully saturated rings. The number of nitrogens with zero attached hydrogens (tertiary/aromatic N) is 1. The van der Waals surface area contributed by atoms with E-state index in [9.17, 15) is 9.90 Å². The first-order valence-electron chi connectivity index (χ1n) is 5.74. The van der Waals surface area contributed by atoms with Gasteiger partial charge >= 0.3 is 5.97 Å². The normalized spacial score (nSPS) is 14.0. The van der Waals surface area contributed by atoms with Crippen LogP contribution in [0.3, 0.4) is 0 Å². The molecule has 0 saturated heterocycles. The lowest BCUT2D eigenvalue weighted by molar-refractivity contribution is -0.142. The lowest BCUT2D eigenvalue weighted by Gasteiger charge is -2.19. The van der Waals surface area contributed by atoms with E-state index in [1.54, 1.807) is 24.5 Å². The molecule has 1 aromatic carbocycles. The molecule has 0 amide bonds. The number of H-pyrrole nitrogens is 1. The molecule has 2 rings (SSSR count). The van der Waals surface area contributed by atoms with Crippen LogP contribution in [-0.4, -0.2) is 31.7 Å². The van der Waals surface area contributed by atoms with E-state index in [1.807, 2.05) is 0 Å². The Bertz CT molecular complexity index is 591. The summed E-state index contributed by atoms with van der Waals surface area (Å²) in [5.74, 6) is -0.471. The van der Waals surface area contributed by atoms with Gasteiger partial charge in [-0.15, -0.1) is 0 Å². The molecule has 5 N–H and O–H groups in total. The van der Waals surface area contributed by atoms with E-state index in [-0.39, 0.29) is 12.2 Å². The third-order valence-electron chi connectivity index (χ3n) is 2.87. The summed E-state index contributed by atoms with van der Waals surface area (Å²) in [5, 5.41) is 18.8. The number of carbonyl (C=O) groups is 1. The molecular weight excluding hydrogens is 246 g/mol. The minimum Gasteiger partial charge on any atom is -0.507 e. The van der Waals surface area contributed by atoms with E-state index < -0.39 is 11.5 Å². The standard InChI is InChI=1S/C13H15N3O3/c1-13(14,12(18)19)7-8-2-3-10(17)9(6-8)11-15-4-5-16-11/h2-6,17H,7,14H2,1H3,(H,15,16)(H,18,19)/t13-/m0/s1. The summed E-state index contributed by atoms with van der Waals surface area (Å²) in [4.78, 5) is 18.0. The number of benzene rings is 1. The number of aromatic amines is 1. The Morgan fingerprint density at radius 2 is 2.26 bits per heavy atom. The molecule has 0 saturated carbocycles. The third-order valence-corrected chi connectivity index (χ3v) is 2.87. The number of hydrogen-bond donors (Lipinski definition) is 4. The first-order chi connectivity index (χ1) is 8.90. The number of imidazole rings is 1. The molecule has 0 aliphatic carbocycles. The van der Waals surface area contributed by atoms with E-state index in [0.29, 0.717) is 11.4 Å². The summed E-state index contributed by atoms with van der Waals surface area (Å²) in [6.45, 7) is 1.45. The molecule has 0 aliphatic rings. The zero-order chi connectivity index (χ0) is 14.0. The number of carboxylic acid groups (broad SMARTS) is 1. The molecule has 0 radical (unpaired) electrons. The van der Waals surface area contributed by atoms with Crippen LogP contribution in [0.25, 0.3) is 11.4 Å². The van der Waals surface area contributed by atoms with Crippen LogP contribution in [0.2, 0.25) is 0 Å². The van der Waals surface area contributed by atoms with Gasteiger partial charge in [-0.2, -0.15) is 0 Å². The van der Waals surface area contributed by atoms with Gasteiger partial charge in [0.2, 0.25) is 0 Å². The zero-order valence-electron chi connectivity index (χ0n) is 10.4. The fourth-order valence-corrected chi connectivity index (χ4v) is 1.80. The minimum absolute atomic E-state index is 0.0766. The van der Waals surface area contributed by atoms with Crippen molar-refractivity contribution in [1.82, 2.24) is 9.97 Å². The van der Waals surface area contributed by atoms with E-state index in [0.717, 1.165) is 5.56 Å². The SMILES string of the molecule is C[C@](N)(Cc1ccc(O)c(-c2ncc[nH]2)c1)C(=O)O. The van der Waals surface area contributed by atoms with Crippen LogP contribution in [0.15, 0.2) is 30.6 Å². The molecule has 19 heavy (non-hydrogen) atoms. The molecule has 100 valence electrons. The average molecular weight is 261 g/mol. The van der Waals surface area contributed by atoms with Gasteiger partial charge in [0.05, 0.1) is 5.56 Å². The van der Waals surface area contributed by atoms with Crippen molar-refractivity contribution < 1.29 is 15.0 Å². The lowest BCUT2D eigenvalue weighted by Crippen LogP contribution is -2.46. The molecule has 6 nitrogen and oxygen atoms in total. The van der Waals surface area contributed by atoms with Gasteiger partial charge < -0.3 is 20.9 Å². The maximum absolute atomic E-state index is 11.0. The van der Waals surface area contributed by atoms with Crippen LogP contribution < -0.4 is 5.73 Å². The maximum Gasteiger partial charge on any atom is 0.323 e. The molecule has 0 aliphatic heterocycles. The van der Waals surface area contributed by atoms with Crippen molar-refractivity contribution in [2.24, 2.45) is 5.73 Å². The zero-order valence-corrected chi connectivity index (χ0v) is 10.4. The number of aromatic nitrogens is 2. The summed E-state index contributed by atoms with van der Waals surface area (Å²) < 4.78 is 0. The highest BCUT2D eigenvalue weighted by Crippen LogP contribution is 2.28. The number of carboxylic acids is 1. The number of phenols is 1. The molecule has 0 unspecified atom stereocenters. The summed E-state index contributed by atoms with van der Waals surface area (Å²) in [5.41, 5.74) is 5.60. The van der Waals surface area contributed by atoms with Crippen LogP contribution in [0.4, 0.5) is 0 Å². The number of phenolic OH excluding ortho intramolecular Hbond substituents is 1. The van der Waals surface area contributed by atoms with Gasteiger partial charge in [0.15, 0.2) is 0 Å². The highest BCUT2D eigenvalue weighted by atomic mass is 16.4. The molecule has 0 bridgehead atoms. The smallest absolute Gasteiger partial charge is 0.323 e. The summed E-state index contributed by atoms with van der Waals surface area (Å²) >= 11 is 0. The van der Waals surface area contributed by atoms with Gasteiger partial charge in [-0.1, -0.05) is 6.07 Å². The van der Waals surface area contributed by atoms with Gasteiger partial charge in [0, 0.05) is 18.8 Å². The molecule has 1 heterocycles. The Morgan fingerprint density at radius 3 is 2.84 bits per heavy atom. The van der Waals surface area contributed by atoms with Crippen molar-refractivity contribution in [2.45, 2.75) is 18.9 Å².